The van der Waals surface area contributed by atoms with Crippen LogP contribution in [0.15, 0.2) is 42.5 Å². The van der Waals surface area contributed by atoms with E-state index in [1.54, 1.807) is 63.2 Å². The number of aromatic nitrogens is 2. The van der Waals surface area contributed by atoms with Crippen LogP contribution in [0.2, 0.25) is 0 Å². The molecule has 4 rings (SSSR count). The van der Waals surface area contributed by atoms with Gasteiger partial charge in [-0.15, -0.1) is 5.10 Å². The van der Waals surface area contributed by atoms with Crippen molar-refractivity contribution in [2.45, 2.75) is 51.9 Å². The van der Waals surface area contributed by atoms with Gasteiger partial charge < -0.3 is 8.92 Å². The summed E-state index contributed by atoms with van der Waals surface area (Å²) in [5, 5.41) is 4.80. The third kappa shape index (κ3) is 4.45. The molecular weight excluding hydrogens is 442 g/mol. The van der Waals surface area contributed by atoms with Gasteiger partial charge in [-0.05, 0) is 65.8 Å². The number of rotatable bonds is 3. The Morgan fingerprint density at radius 2 is 1.55 bits per heavy atom. The number of ether oxygens (including phenoxy) is 1. The summed E-state index contributed by atoms with van der Waals surface area (Å²) < 4.78 is 12.2. The van der Waals surface area contributed by atoms with Gasteiger partial charge >= 0.3 is 6.09 Å². The third-order valence-electron chi connectivity index (χ3n) is 4.59. The minimum Gasteiger partial charge on any atom is -0.442 e. The molecule has 0 atom stereocenters. The van der Waals surface area contributed by atoms with Gasteiger partial charge in [0.05, 0.1) is 28.7 Å². The molecule has 33 heavy (non-hydrogen) atoms. The van der Waals surface area contributed by atoms with Crippen LogP contribution in [0.1, 0.15) is 62.3 Å². The molecule has 0 saturated heterocycles. The first kappa shape index (κ1) is 22.8. The topological polar surface area (TPSA) is 90.7 Å². The molecule has 0 N–H and O–H groups in total. The van der Waals surface area contributed by atoms with Gasteiger partial charge in [0.1, 0.15) is 11.4 Å². The minimum atomic E-state index is -0.763. The van der Waals surface area contributed by atoms with Crippen LogP contribution in [-0.4, -0.2) is 38.0 Å². The molecule has 0 fully saturated rings. The molecule has 9 heteroatoms. The summed E-state index contributed by atoms with van der Waals surface area (Å²) in [4.78, 5) is 40.1. The zero-order valence-electron chi connectivity index (χ0n) is 19.3. The van der Waals surface area contributed by atoms with Crippen molar-refractivity contribution in [1.82, 2.24) is 9.78 Å². The van der Waals surface area contributed by atoms with E-state index < -0.39 is 23.5 Å². The molecule has 1 aliphatic rings. The molecule has 3 aromatic rings. The average molecular weight is 468 g/mol. The Kier molecular flexibility index (Phi) is 5.48. The van der Waals surface area contributed by atoms with Crippen molar-refractivity contribution >= 4 is 46.7 Å². The molecule has 0 spiro atoms. The summed E-state index contributed by atoms with van der Waals surface area (Å²) in [5.74, 6) is -0.414. The largest absolute Gasteiger partial charge is 0.442 e. The predicted molar refractivity (Wildman–Crippen MR) is 127 cm³/mol. The summed E-state index contributed by atoms with van der Waals surface area (Å²) in [6.07, 6.45) is -0.726. The first-order valence-electron chi connectivity index (χ1n) is 10.5. The van der Waals surface area contributed by atoms with Crippen molar-refractivity contribution < 1.29 is 23.3 Å². The van der Waals surface area contributed by atoms with Crippen molar-refractivity contribution in [3.8, 4) is 5.75 Å². The highest BCUT2D eigenvalue weighted by molar-refractivity contribution is 7.96. The lowest BCUT2D eigenvalue weighted by Crippen LogP contribution is -2.31. The van der Waals surface area contributed by atoms with E-state index in [0.29, 0.717) is 27.8 Å². The van der Waals surface area contributed by atoms with E-state index in [-0.39, 0.29) is 10.6 Å². The van der Waals surface area contributed by atoms with Crippen LogP contribution in [0.3, 0.4) is 0 Å². The quantitative estimate of drug-likeness (QED) is 0.374. The molecule has 2 amide bonds. The number of fused-ring (bicyclic) bond motifs is 2. The first-order chi connectivity index (χ1) is 15.4. The number of carbonyl (C=O) groups excluding carboxylic acids is 3. The second-order valence-corrected chi connectivity index (χ2v) is 11.2. The Morgan fingerprint density at radius 1 is 0.939 bits per heavy atom. The van der Waals surface area contributed by atoms with Crippen LogP contribution < -0.4 is 9.08 Å². The Labute approximate surface area is 196 Å². The molecule has 172 valence electrons. The van der Waals surface area contributed by atoms with Gasteiger partial charge in [0, 0.05) is 16.2 Å². The lowest BCUT2D eigenvalue weighted by molar-refractivity contribution is 0.0521. The average Bonchev–Trinajstić information content (AvgIpc) is 3.20. The fraction of sp³-hybridized carbons (Fsp3) is 0.333. The fourth-order valence-corrected chi connectivity index (χ4v) is 3.74. The highest BCUT2D eigenvalue weighted by Gasteiger charge is 2.39. The number of amides is 2. The Balaban J connectivity index is 1.83. The summed E-state index contributed by atoms with van der Waals surface area (Å²) >= 11 is 1.28. The molecule has 8 nitrogen and oxygen atoms in total. The van der Waals surface area contributed by atoms with Crippen LogP contribution >= 0.6 is 12.0 Å². The lowest BCUT2D eigenvalue weighted by Gasteiger charge is -2.19. The number of hydrogen-bond acceptors (Lipinski definition) is 7. The molecular formula is C24H25N3O5S. The molecule has 2 heterocycles. The first-order valence-corrected chi connectivity index (χ1v) is 11.2. The van der Waals surface area contributed by atoms with E-state index in [9.17, 15) is 14.4 Å². The second-order valence-electron chi connectivity index (χ2n) is 9.67. The number of imide groups is 1. The minimum absolute atomic E-state index is 0.0667. The zero-order valence-corrected chi connectivity index (χ0v) is 20.1. The van der Waals surface area contributed by atoms with Gasteiger partial charge in [-0.1, -0.05) is 12.1 Å². The van der Waals surface area contributed by atoms with Gasteiger partial charge in [0.15, 0.2) is 5.82 Å². The van der Waals surface area contributed by atoms with Crippen LogP contribution in [0.25, 0.3) is 10.9 Å². The number of carbonyl (C=O) groups is 3. The van der Waals surface area contributed by atoms with Gasteiger partial charge in [0.25, 0.3) is 11.8 Å². The van der Waals surface area contributed by atoms with Crippen LogP contribution in [0, 0.1) is 0 Å². The highest BCUT2D eigenvalue weighted by atomic mass is 32.2. The summed E-state index contributed by atoms with van der Waals surface area (Å²) in [5.41, 5.74) is 0.192. The molecule has 0 radical (unpaired) electrons. The highest BCUT2D eigenvalue weighted by Crippen LogP contribution is 2.36. The van der Waals surface area contributed by atoms with E-state index >= 15 is 0 Å². The SMILES string of the molecule is CC(C)(C)OC(=O)n1nc(N2C(=O)c3ccccc3C2=O)c2ccc(OSC(C)(C)C)cc21. The van der Waals surface area contributed by atoms with E-state index in [2.05, 4.69) is 5.10 Å². The number of hydrogen-bond donors (Lipinski definition) is 0. The van der Waals surface area contributed by atoms with Crippen molar-refractivity contribution in [2.24, 2.45) is 0 Å². The van der Waals surface area contributed by atoms with E-state index in [1.165, 1.54) is 12.0 Å². The standard InChI is InChI=1S/C24H25N3O5S/c1-23(2,3)31-22(30)27-18-13-14(32-33-24(4,5)6)11-12-17(18)19(25-27)26-20(28)15-9-7-8-10-16(15)21(26)29/h7-13H,1-6H3. The van der Waals surface area contributed by atoms with E-state index in [4.69, 9.17) is 8.92 Å². The fourth-order valence-electron chi connectivity index (χ4n) is 3.29. The van der Waals surface area contributed by atoms with Gasteiger partial charge in [-0.25, -0.2) is 9.69 Å². The van der Waals surface area contributed by atoms with Crippen LogP contribution in [-0.2, 0) is 4.74 Å². The summed E-state index contributed by atoms with van der Waals surface area (Å²) in [6, 6.07) is 11.6. The molecule has 1 aliphatic heterocycles. The van der Waals surface area contributed by atoms with Crippen molar-refractivity contribution in [3.05, 3.63) is 53.6 Å². The molecule has 0 bridgehead atoms. The smallest absolute Gasteiger partial charge is 0.435 e. The predicted octanol–water partition coefficient (Wildman–Crippen LogP) is 5.45. The zero-order chi connectivity index (χ0) is 24.1. The summed E-state index contributed by atoms with van der Waals surface area (Å²) in [6.45, 7) is 11.3. The molecule has 1 aromatic heterocycles. The third-order valence-corrected chi connectivity index (χ3v) is 5.37. The Morgan fingerprint density at radius 3 is 2.09 bits per heavy atom. The van der Waals surface area contributed by atoms with Gasteiger partial charge in [-0.3, -0.25) is 9.59 Å². The van der Waals surface area contributed by atoms with Crippen LogP contribution in [0.4, 0.5) is 10.6 Å². The number of anilines is 1. The molecule has 2 aromatic carbocycles. The maximum Gasteiger partial charge on any atom is 0.435 e. The van der Waals surface area contributed by atoms with Crippen molar-refractivity contribution in [3.63, 3.8) is 0 Å². The molecule has 0 aliphatic carbocycles. The van der Waals surface area contributed by atoms with E-state index in [0.717, 1.165) is 9.58 Å². The summed E-state index contributed by atoms with van der Waals surface area (Å²) in [7, 11) is 0. The van der Waals surface area contributed by atoms with E-state index in [1.807, 2.05) is 20.8 Å². The second kappa shape index (κ2) is 7.91. The maximum absolute atomic E-state index is 13.1. The maximum atomic E-state index is 13.1. The van der Waals surface area contributed by atoms with Crippen LogP contribution in [0.5, 0.6) is 5.75 Å². The monoisotopic (exact) mass is 467 g/mol. The van der Waals surface area contributed by atoms with Gasteiger partial charge in [0.2, 0.25) is 0 Å². The van der Waals surface area contributed by atoms with Crippen molar-refractivity contribution in [1.29, 1.82) is 0 Å². The Hall–Kier alpha value is -3.33. The molecule has 0 unspecified atom stereocenters. The number of benzene rings is 2. The number of nitrogens with zero attached hydrogens (tertiary/aromatic N) is 3. The van der Waals surface area contributed by atoms with Crippen molar-refractivity contribution in [2.75, 3.05) is 4.90 Å². The Bertz CT molecular complexity index is 1250. The lowest BCUT2D eigenvalue weighted by atomic mass is 10.1. The normalized spacial score (nSPS) is 14.1. The van der Waals surface area contributed by atoms with Gasteiger partial charge in [-0.2, -0.15) is 4.68 Å². The molecule has 0 saturated carbocycles.